The number of benzene rings is 1. The van der Waals surface area contributed by atoms with Crippen molar-refractivity contribution in [2.45, 2.75) is 18.6 Å². The molecule has 0 saturated heterocycles. The summed E-state index contributed by atoms with van der Waals surface area (Å²) >= 11 is 1.44. The third-order valence-corrected chi connectivity index (χ3v) is 3.06. The highest BCUT2D eigenvalue weighted by Gasteiger charge is 2.21. The summed E-state index contributed by atoms with van der Waals surface area (Å²) in [7, 11) is 0. The van der Waals surface area contributed by atoms with E-state index >= 15 is 0 Å². The van der Waals surface area contributed by atoms with E-state index in [2.05, 4.69) is 6.92 Å². The van der Waals surface area contributed by atoms with Crippen molar-refractivity contribution in [2.24, 2.45) is 0 Å². The zero-order valence-corrected chi connectivity index (χ0v) is 7.73. The van der Waals surface area contributed by atoms with Gasteiger partial charge in [0, 0.05) is 10.8 Å². The Morgan fingerprint density at radius 3 is 3.00 bits per heavy atom. The molecule has 1 aliphatic heterocycles. The fraction of sp³-hybridized carbons (Fsp3) is 0.300. The predicted octanol–water partition coefficient (Wildman–Crippen LogP) is 2.50. The van der Waals surface area contributed by atoms with Gasteiger partial charge in [0.25, 0.3) is 0 Å². The molecule has 1 aliphatic rings. The molecule has 1 aromatic rings. The normalized spacial score (nSPS) is 22.1. The number of hydrogen-bond donors (Lipinski definition) is 0. The first-order valence-corrected chi connectivity index (χ1v) is 4.94. The fourth-order valence-electron chi connectivity index (χ4n) is 1.50. The summed E-state index contributed by atoms with van der Waals surface area (Å²) < 4.78 is 0. The number of carbonyl (C=O) groups is 1. The summed E-state index contributed by atoms with van der Waals surface area (Å²) in [6.07, 6.45) is 1.02. The van der Waals surface area contributed by atoms with E-state index in [-0.39, 0.29) is 5.12 Å². The first-order valence-electron chi connectivity index (χ1n) is 4.06. The standard InChI is InChI=1S/C10H10OS/c1-7-6-8-4-2-3-5-9(8)10(11)12-7/h2-5,7H,6H2,1H3/t7-/m0/s1. The van der Waals surface area contributed by atoms with E-state index in [1.807, 2.05) is 24.3 Å². The zero-order valence-electron chi connectivity index (χ0n) is 6.91. The molecule has 2 rings (SSSR count). The van der Waals surface area contributed by atoms with Crippen LogP contribution in [0.25, 0.3) is 0 Å². The minimum absolute atomic E-state index is 0.226. The summed E-state index contributed by atoms with van der Waals surface area (Å²) in [4.78, 5) is 11.5. The lowest BCUT2D eigenvalue weighted by Crippen LogP contribution is -2.15. The first kappa shape index (κ1) is 7.87. The number of carbonyl (C=O) groups excluding carboxylic acids is 1. The molecule has 12 heavy (non-hydrogen) atoms. The second kappa shape index (κ2) is 2.94. The molecule has 0 unspecified atom stereocenters. The van der Waals surface area contributed by atoms with Crippen LogP contribution in [-0.2, 0) is 6.42 Å². The van der Waals surface area contributed by atoms with Gasteiger partial charge in [-0.05, 0) is 12.0 Å². The molecular weight excluding hydrogens is 168 g/mol. The van der Waals surface area contributed by atoms with Crippen molar-refractivity contribution in [3.8, 4) is 0 Å². The maximum Gasteiger partial charge on any atom is 0.219 e. The Balaban J connectivity index is 2.47. The second-order valence-electron chi connectivity index (χ2n) is 3.08. The molecule has 1 heterocycles. The Morgan fingerprint density at radius 2 is 2.17 bits per heavy atom. The first-order chi connectivity index (χ1) is 5.77. The Bertz CT molecular complexity index is 319. The van der Waals surface area contributed by atoms with Gasteiger partial charge in [-0.1, -0.05) is 43.0 Å². The van der Waals surface area contributed by atoms with E-state index in [9.17, 15) is 4.79 Å². The fourth-order valence-corrected chi connectivity index (χ4v) is 2.45. The van der Waals surface area contributed by atoms with Crippen molar-refractivity contribution in [1.82, 2.24) is 0 Å². The van der Waals surface area contributed by atoms with Crippen molar-refractivity contribution in [1.29, 1.82) is 0 Å². The minimum Gasteiger partial charge on any atom is -0.282 e. The highest BCUT2D eigenvalue weighted by molar-refractivity contribution is 8.14. The second-order valence-corrected chi connectivity index (χ2v) is 4.49. The lowest BCUT2D eigenvalue weighted by Gasteiger charge is -2.18. The van der Waals surface area contributed by atoms with Crippen LogP contribution in [0.4, 0.5) is 0 Å². The molecule has 0 radical (unpaired) electrons. The van der Waals surface area contributed by atoms with Gasteiger partial charge < -0.3 is 0 Å². The molecular formula is C10H10OS. The maximum atomic E-state index is 11.5. The quantitative estimate of drug-likeness (QED) is 0.607. The minimum atomic E-state index is 0.226. The molecule has 62 valence electrons. The van der Waals surface area contributed by atoms with Crippen molar-refractivity contribution in [2.75, 3.05) is 0 Å². The lowest BCUT2D eigenvalue weighted by molar-refractivity contribution is 0.108. The summed E-state index contributed by atoms with van der Waals surface area (Å²) in [5.74, 6) is 0. The van der Waals surface area contributed by atoms with Gasteiger partial charge in [-0.3, -0.25) is 4.79 Å². The van der Waals surface area contributed by atoms with E-state index in [1.54, 1.807) is 0 Å². The Kier molecular flexibility index (Phi) is 1.93. The summed E-state index contributed by atoms with van der Waals surface area (Å²) in [5, 5.41) is 0.664. The molecule has 1 atom stereocenters. The molecule has 0 bridgehead atoms. The molecule has 0 N–H and O–H groups in total. The molecule has 0 aliphatic carbocycles. The van der Waals surface area contributed by atoms with Crippen molar-refractivity contribution >= 4 is 16.9 Å². The van der Waals surface area contributed by atoms with Crippen molar-refractivity contribution in [3.63, 3.8) is 0 Å². The smallest absolute Gasteiger partial charge is 0.219 e. The van der Waals surface area contributed by atoms with Gasteiger partial charge in [0.1, 0.15) is 0 Å². The third kappa shape index (κ3) is 1.27. The zero-order chi connectivity index (χ0) is 8.55. The molecule has 0 amide bonds. The van der Waals surface area contributed by atoms with Crippen LogP contribution in [0.5, 0.6) is 0 Å². The number of hydrogen-bond acceptors (Lipinski definition) is 2. The topological polar surface area (TPSA) is 17.1 Å². The maximum absolute atomic E-state index is 11.5. The van der Waals surface area contributed by atoms with Crippen LogP contribution in [-0.4, -0.2) is 10.4 Å². The average Bonchev–Trinajstić information content (AvgIpc) is 2.04. The van der Waals surface area contributed by atoms with Gasteiger partial charge in [0.15, 0.2) is 0 Å². The summed E-state index contributed by atoms with van der Waals surface area (Å²) in [6, 6.07) is 7.88. The van der Waals surface area contributed by atoms with Gasteiger partial charge in [-0.15, -0.1) is 0 Å². The van der Waals surface area contributed by atoms with Gasteiger partial charge in [0.2, 0.25) is 5.12 Å². The molecule has 0 aromatic heterocycles. The third-order valence-electron chi connectivity index (χ3n) is 2.05. The predicted molar refractivity (Wildman–Crippen MR) is 51.5 cm³/mol. The van der Waals surface area contributed by atoms with Crippen LogP contribution >= 0.6 is 11.8 Å². The van der Waals surface area contributed by atoms with E-state index in [1.165, 1.54) is 17.3 Å². The number of rotatable bonds is 0. The number of fused-ring (bicyclic) bond motifs is 1. The van der Waals surface area contributed by atoms with Gasteiger partial charge in [-0.25, -0.2) is 0 Å². The summed E-state index contributed by atoms with van der Waals surface area (Å²) in [6.45, 7) is 2.10. The van der Waals surface area contributed by atoms with Gasteiger partial charge >= 0.3 is 0 Å². The Labute approximate surface area is 76.2 Å². The van der Waals surface area contributed by atoms with Gasteiger partial charge in [-0.2, -0.15) is 0 Å². The van der Waals surface area contributed by atoms with E-state index in [4.69, 9.17) is 0 Å². The van der Waals surface area contributed by atoms with Crippen LogP contribution in [0.2, 0.25) is 0 Å². The van der Waals surface area contributed by atoms with Crippen LogP contribution in [0.3, 0.4) is 0 Å². The lowest BCUT2D eigenvalue weighted by atomic mass is 10.0. The van der Waals surface area contributed by atoms with E-state index in [0.29, 0.717) is 5.25 Å². The molecule has 0 fully saturated rings. The van der Waals surface area contributed by atoms with Crippen molar-refractivity contribution in [3.05, 3.63) is 35.4 Å². The Hall–Kier alpha value is -0.760. The monoisotopic (exact) mass is 178 g/mol. The van der Waals surface area contributed by atoms with E-state index < -0.39 is 0 Å². The summed E-state index contributed by atoms with van der Waals surface area (Å²) in [5.41, 5.74) is 2.11. The highest BCUT2D eigenvalue weighted by Crippen LogP contribution is 2.29. The van der Waals surface area contributed by atoms with Crippen LogP contribution in [0, 0.1) is 0 Å². The highest BCUT2D eigenvalue weighted by atomic mass is 32.2. The largest absolute Gasteiger partial charge is 0.282 e. The molecule has 0 spiro atoms. The average molecular weight is 178 g/mol. The molecule has 0 saturated carbocycles. The Morgan fingerprint density at radius 1 is 1.42 bits per heavy atom. The van der Waals surface area contributed by atoms with Crippen molar-refractivity contribution < 1.29 is 4.79 Å². The molecule has 1 nitrogen and oxygen atoms in total. The molecule has 2 heteroatoms. The molecule has 1 aromatic carbocycles. The van der Waals surface area contributed by atoms with E-state index in [0.717, 1.165) is 12.0 Å². The van der Waals surface area contributed by atoms with Crippen LogP contribution in [0.15, 0.2) is 24.3 Å². The SMILES string of the molecule is C[C@H]1Cc2ccccc2C(=O)S1. The van der Waals surface area contributed by atoms with Crippen LogP contribution < -0.4 is 0 Å². The van der Waals surface area contributed by atoms with Crippen LogP contribution in [0.1, 0.15) is 22.8 Å². The van der Waals surface area contributed by atoms with Gasteiger partial charge in [0.05, 0.1) is 0 Å². The number of thioether (sulfide) groups is 1.